The lowest BCUT2D eigenvalue weighted by Gasteiger charge is -2.22. The van der Waals surface area contributed by atoms with Crippen LogP contribution in [0.2, 0.25) is 0 Å². The summed E-state index contributed by atoms with van der Waals surface area (Å²) in [5.74, 6) is -2.63. The Morgan fingerprint density at radius 3 is 2.35 bits per heavy atom. The van der Waals surface area contributed by atoms with Gasteiger partial charge in [-0.3, -0.25) is 14.5 Å². The number of ether oxygens (including phenoxy) is 2. The Bertz CT molecular complexity index is 1160. The fraction of sp³-hybridized carbons (Fsp3) is 0.333. The highest BCUT2D eigenvalue weighted by Gasteiger charge is 2.49. The first-order chi connectivity index (χ1) is 15.8. The number of halogens is 3. The molecule has 1 aromatic carbocycles. The number of alkyl halides is 3. The van der Waals surface area contributed by atoms with Crippen molar-refractivity contribution in [2.24, 2.45) is 0 Å². The SMILES string of the molecule is COC(=O)c1c(NC(=O)CN2C(=O)NC(C)(c3ccc(OC(F)(F)F)cc3)C2=O)sc(C)c1C. The van der Waals surface area contributed by atoms with E-state index in [0.717, 1.165) is 28.3 Å². The van der Waals surface area contributed by atoms with Crippen LogP contribution in [0.3, 0.4) is 0 Å². The number of imide groups is 1. The molecule has 0 spiro atoms. The molecule has 1 fully saturated rings. The minimum Gasteiger partial charge on any atom is -0.465 e. The van der Waals surface area contributed by atoms with Crippen molar-refractivity contribution < 1.29 is 41.8 Å². The van der Waals surface area contributed by atoms with Crippen LogP contribution in [0, 0.1) is 13.8 Å². The number of rotatable bonds is 6. The fourth-order valence-electron chi connectivity index (χ4n) is 3.40. The molecule has 1 aliphatic heterocycles. The van der Waals surface area contributed by atoms with Crippen LogP contribution >= 0.6 is 11.3 Å². The number of carbonyl (C=O) groups excluding carboxylic acids is 4. The molecule has 3 rings (SSSR count). The second-order valence-electron chi connectivity index (χ2n) is 7.55. The third-order valence-electron chi connectivity index (χ3n) is 5.27. The van der Waals surface area contributed by atoms with E-state index in [1.54, 1.807) is 13.8 Å². The van der Waals surface area contributed by atoms with E-state index >= 15 is 0 Å². The number of aryl methyl sites for hydroxylation is 1. The summed E-state index contributed by atoms with van der Waals surface area (Å²) in [5, 5.41) is 5.22. The quantitative estimate of drug-likeness (QED) is 0.465. The van der Waals surface area contributed by atoms with Gasteiger partial charge in [0.05, 0.1) is 12.7 Å². The minimum atomic E-state index is -4.87. The maximum atomic E-state index is 13.0. The Morgan fingerprint density at radius 1 is 1.18 bits per heavy atom. The number of benzene rings is 1. The minimum absolute atomic E-state index is 0.182. The van der Waals surface area contributed by atoms with Crippen LogP contribution in [-0.2, 0) is 19.9 Å². The Hall–Kier alpha value is -3.61. The fourth-order valence-corrected chi connectivity index (χ4v) is 4.46. The van der Waals surface area contributed by atoms with Gasteiger partial charge in [0, 0.05) is 4.88 Å². The van der Waals surface area contributed by atoms with Crippen molar-refractivity contribution in [3.63, 3.8) is 0 Å². The van der Waals surface area contributed by atoms with Gasteiger partial charge in [-0.05, 0) is 44.0 Å². The number of hydrogen-bond donors (Lipinski definition) is 2. The summed E-state index contributed by atoms with van der Waals surface area (Å²) in [6.07, 6.45) is -4.87. The van der Waals surface area contributed by atoms with Crippen LogP contribution in [-0.4, -0.2) is 48.7 Å². The highest BCUT2D eigenvalue weighted by molar-refractivity contribution is 7.16. The Kier molecular flexibility index (Phi) is 6.60. The summed E-state index contributed by atoms with van der Waals surface area (Å²) in [4.78, 5) is 51.6. The van der Waals surface area contributed by atoms with Gasteiger partial charge in [-0.25, -0.2) is 9.59 Å². The number of urea groups is 1. The monoisotopic (exact) mass is 499 g/mol. The van der Waals surface area contributed by atoms with Crippen LogP contribution in [0.25, 0.3) is 0 Å². The second kappa shape index (κ2) is 8.97. The third kappa shape index (κ3) is 4.83. The molecule has 2 N–H and O–H groups in total. The number of anilines is 1. The molecule has 34 heavy (non-hydrogen) atoms. The molecule has 1 aromatic heterocycles. The van der Waals surface area contributed by atoms with E-state index < -0.39 is 48.0 Å². The lowest BCUT2D eigenvalue weighted by Crippen LogP contribution is -2.42. The van der Waals surface area contributed by atoms with Crippen LogP contribution < -0.4 is 15.4 Å². The molecule has 13 heteroatoms. The van der Waals surface area contributed by atoms with E-state index in [2.05, 4.69) is 15.4 Å². The zero-order chi connectivity index (χ0) is 25.4. The molecular weight excluding hydrogens is 479 g/mol. The smallest absolute Gasteiger partial charge is 0.465 e. The number of methoxy groups -OCH3 is 1. The molecule has 182 valence electrons. The average molecular weight is 499 g/mol. The second-order valence-corrected chi connectivity index (χ2v) is 8.77. The van der Waals surface area contributed by atoms with Gasteiger partial charge in [0.25, 0.3) is 5.91 Å². The van der Waals surface area contributed by atoms with Crippen LogP contribution in [0.15, 0.2) is 24.3 Å². The van der Waals surface area contributed by atoms with Crippen LogP contribution in [0.1, 0.15) is 33.3 Å². The van der Waals surface area contributed by atoms with Crippen molar-refractivity contribution >= 4 is 40.2 Å². The summed E-state index contributed by atoms with van der Waals surface area (Å²) < 4.78 is 45.7. The Balaban J connectivity index is 1.76. The lowest BCUT2D eigenvalue weighted by molar-refractivity contribution is -0.274. The number of hydrogen-bond acceptors (Lipinski definition) is 7. The van der Waals surface area contributed by atoms with E-state index in [9.17, 15) is 32.3 Å². The molecule has 1 atom stereocenters. The van der Waals surface area contributed by atoms with Crippen LogP contribution in [0.5, 0.6) is 5.75 Å². The van der Waals surface area contributed by atoms with Crippen molar-refractivity contribution in [1.29, 1.82) is 0 Å². The lowest BCUT2D eigenvalue weighted by atomic mass is 9.92. The van der Waals surface area contributed by atoms with E-state index in [1.165, 1.54) is 26.2 Å². The van der Waals surface area contributed by atoms with Gasteiger partial charge in [-0.15, -0.1) is 24.5 Å². The molecule has 4 amide bonds. The van der Waals surface area contributed by atoms with Crippen molar-refractivity contribution in [2.75, 3.05) is 19.0 Å². The predicted octanol–water partition coefficient (Wildman–Crippen LogP) is 3.46. The molecule has 0 bridgehead atoms. The molecule has 0 aliphatic carbocycles. The summed E-state index contributed by atoms with van der Waals surface area (Å²) >= 11 is 1.15. The molecule has 2 heterocycles. The number of esters is 1. The van der Waals surface area contributed by atoms with Crippen molar-refractivity contribution in [3.05, 3.63) is 45.8 Å². The molecule has 1 saturated heterocycles. The summed E-state index contributed by atoms with van der Waals surface area (Å²) in [6.45, 7) is 4.18. The largest absolute Gasteiger partial charge is 0.573 e. The zero-order valence-electron chi connectivity index (χ0n) is 18.5. The van der Waals surface area contributed by atoms with Gasteiger partial charge < -0.3 is 20.1 Å². The number of nitrogens with zero attached hydrogens (tertiary/aromatic N) is 1. The van der Waals surface area contributed by atoms with Gasteiger partial charge in [0.2, 0.25) is 5.91 Å². The molecule has 1 aliphatic rings. The Morgan fingerprint density at radius 2 is 1.79 bits per heavy atom. The number of thiophene rings is 1. The first-order valence-corrected chi connectivity index (χ1v) is 10.6. The number of nitrogens with one attached hydrogen (secondary N) is 2. The van der Waals surface area contributed by atoms with Crippen molar-refractivity contribution in [1.82, 2.24) is 10.2 Å². The zero-order valence-corrected chi connectivity index (χ0v) is 19.3. The number of amides is 4. The van der Waals surface area contributed by atoms with E-state index in [4.69, 9.17) is 4.74 Å². The first kappa shape index (κ1) is 25.0. The topological polar surface area (TPSA) is 114 Å². The van der Waals surface area contributed by atoms with Gasteiger partial charge in [0.1, 0.15) is 22.8 Å². The molecule has 1 unspecified atom stereocenters. The highest BCUT2D eigenvalue weighted by Crippen LogP contribution is 2.34. The molecule has 0 radical (unpaired) electrons. The molecule has 9 nitrogen and oxygen atoms in total. The summed E-state index contributed by atoms with van der Waals surface area (Å²) in [6, 6.07) is 3.59. The van der Waals surface area contributed by atoms with Gasteiger partial charge in [-0.1, -0.05) is 12.1 Å². The van der Waals surface area contributed by atoms with Crippen molar-refractivity contribution in [2.45, 2.75) is 32.7 Å². The van der Waals surface area contributed by atoms with Gasteiger partial charge in [-0.2, -0.15) is 0 Å². The van der Waals surface area contributed by atoms with E-state index in [0.29, 0.717) is 10.5 Å². The average Bonchev–Trinajstić information content (AvgIpc) is 3.14. The Labute approximate surface area is 195 Å². The third-order valence-corrected chi connectivity index (χ3v) is 6.39. The molecule has 2 aromatic rings. The number of carbonyl (C=O) groups is 4. The predicted molar refractivity (Wildman–Crippen MR) is 114 cm³/mol. The molecular formula is C21H20F3N3O6S. The summed E-state index contributed by atoms with van der Waals surface area (Å²) in [7, 11) is 1.20. The van der Waals surface area contributed by atoms with E-state index in [-0.39, 0.29) is 16.1 Å². The van der Waals surface area contributed by atoms with Gasteiger partial charge >= 0.3 is 18.4 Å². The van der Waals surface area contributed by atoms with Crippen molar-refractivity contribution in [3.8, 4) is 5.75 Å². The van der Waals surface area contributed by atoms with Crippen LogP contribution in [0.4, 0.5) is 23.0 Å². The summed E-state index contributed by atoms with van der Waals surface area (Å²) in [5.41, 5.74) is -0.600. The molecule has 0 saturated carbocycles. The standard InChI is InChI=1S/C21H20F3N3O6S/c1-10-11(2)34-16(15(10)17(29)32-4)25-14(28)9-27-18(30)20(3,26-19(27)31)12-5-7-13(8-6-12)33-21(22,23)24/h5-8H,9H2,1-4H3,(H,25,28)(H,26,31). The van der Waals surface area contributed by atoms with Gasteiger partial charge in [0.15, 0.2) is 0 Å². The maximum Gasteiger partial charge on any atom is 0.573 e. The first-order valence-electron chi connectivity index (χ1n) is 9.75. The normalized spacial score (nSPS) is 18.0. The van der Waals surface area contributed by atoms with E-state index in [1.807, 2.05) is 0 Å². The maximum absolute atomic E-state index is 13.0. The highest BCUT2D eigenvalue weighted by atomic mass is 32.1.